The molecule has 5 atom stereocenters. The summed E-state index contributed by atoms with van der Waals surface area (Å²) in [5, 5.41) is 3.42. The van der Waals surface area contributed by atoms with Crippen LogP contribution in [0.1, 0.15) is 49.9 Å². The number of carbonyl (C=O) groups is 1. The van der Waals surface area contributed by atoms with Crippen LogP contribution >= 0.6 is 0 Å². The molecular formula is C23H31N3O2. The summed E-state index contributed by atoms with van der Waals surface area (Å²) >= 11 is 0. The van der Waals surface area contributed by atoms with Crippen LogP contribution in [0, 0.1) is 24.7 Å². The van der Waals surface area contributed by atoms with E-state index >= 15 is 0 Å². The second kappa shape index (κ2) is 7.98. The molecule has 5 nitrogen and oxygen atoms in total. The molecule has 1 amide bonds. The molecule has 2 aromatic rings. The zero-order valence-corrected chi connectivity index (χ0v) is 17.1. The predicted molar refractivity (Wildman–Crippen MR) is 109 cm³/mol. The summed E-state index contributed by atoms with van der Waals surface area (Å²) in [6.07, 6.45) is 8.84. The minimum atomic E-state index is -0.0768. The number of benzene rings is 1. The lowest BCUT2D eigenvalue weighted by Gasteiger charge is -2.55. The van der Waals surface area contributed by atoms with Crippen LogP contribution in [0.4, 0.5) is 0 Å². The van der Waals surface area contributed by atoms with E-state index in [4.69, 9.17) is 4.74 Å². The van der Waals surface area contributed by atoms with Crippen LogP contribution < -0.4 is 10.1 Å². The summed E-state index contributed by atoms with van der Waals surface area (Å²) in [5.41, 5.74) is 1.33. The molecule has 1 heterocycles. The van der Waals surface area contributed by atoms with Gasteiger partial charge in [0.1, 0.15) is 11.6 Å². The van der Waals surface area contributed by atoms with Crippen molar-refractivity contribution < 1.29 is 9.53 Å². The highest BCUT2D eigenvalue weighted by atomic mass is 16.5. The van der Waals surface area contributed by atoms with Crippen molar-refractivity contribution in [2.45, 2.75) is 58.0 Å². The average Bonchev–Trinajstić information content (AvgIpc) is 3.11. The highest BCUT2D eigenvalue weighted by Crippen LogP contribution is 2.54. The van der Waals surface area contributed by atoms with Gasteiger partial charge in [0.15, 0.2) is 0 Å². The SMILES string of the molecule is COc1ccc([C@H]2C3CCCCC3[C@@H]2NC(=O)C(C)Cn2ccnc2C)cc1. The van der Waals surface area contributed by atoms with Crippen LogP contribution in [0.25, 0.3) is 0 Å². The summed E-state index contributed by atoms with van der Waals surface area (Å²) in [5.74, 6) is 3.64. The molecule has 3 unspecified atom stereocenters. The number of carbonyl (C=O) groups excluding carboxylic acids is 1. The minimum absolute atomic E-state index is 0.0768. The molecule has 5 heteroatoms. The molecule has 2 aliphatic rings. The number of nitrogens with one attached hydrogen (secondary N) is 1. The second-order valence-corrected chi connectivity index (χ2v) is 8.47. The Hall–Kier alpha value is -2.30. The van der Waals surface area contributed by atoms with Crippen molar-refractivity contribution >= 4 is 5.91 Å². The molecule has 28 heavy (non-hydrogen) atoms. The van der Waals surface area contributed by atoms with E-state index in [1.54, 1.807) is 13.3 Å². The quantitative estimate of drug-likeness (QED) is 0.825. The number of aryl methyl sites for hydroxylation is 1. The van der Waals surface area contributed by atoms with Gasteiger partial charge in [0, 0.05) is 30.9 Å². The molecule has 1 N–H and O–H groups in total. The molecule has 2 saturated carbocycles. The van der Waals surface area contributed by atoms with Crippen LogP contribution in [0.5, 0.6) is 5.75 Å². The lowest BCUT2D eigenvalue weighted by Crippen LogP contribution is -2.60. The Morgan fingerprint density at radius 2 is 1.96 bits per heavy atom. The molecule has 1 aromatic carbocycles. The lowest BCUT2D eigenvalue weighted by molar-refractivity contribution is -0.128. The average molecular weight is 382 g/mol. The first-order valence-corrected chi connectivity index (χ1v) is 10.5. The Labute approximate surface area is 167 Å². The normalized spacial score (nSPS) is 27.4. The molecule has 2 aliphatic carbocycles. The Kier molecular flexibility index (Phi) is 5.42. The fourth-order valence-electron chi connectivity index (χ4n) is 5.23. The van der Waals surface area contributed by atoms with E-state index in [0.717, 1.165) is 11.6 Å². The van der Waals surface area contributed by atoms with Gasteiger partial charge in [-0.3, -0.25) is 4.79 Å². The van der Waals surface area contributed by atoms with Crippen molar-refractivity contribution in [2.24, 2.45) is 17.8 Å². The van der Waals surface area contributed by atoms with Crippen LogP contribution in [0.3, 0.4) is 0 Å². The summed E-state index contributed by atoms with van der Waals surface area (Å²) in [4.78, 5) is 17.2. The summed E-state index contributed by atoms with van der Waals surface area (Å²) < 4.78 is 7.36. The van der Waals surface area contributed by atoms with Crippen molar-refractivity contribution in [3.8, 4) is 5.75 Å². The third-order valence-corrected chi connectivity index (χ3v) is 6.84. The van der Waals surface area contributed by atoms with Gasteiger partial charge in [0.2, 0.25) is 5.91 Å². The second-order valence-electron chi connectivity index (χ2n) is 8.47. The van der Waals surface area contributed by atoms with E-state index in [9.17, 15) is 4.79 Å². The Bertz CT molecular complexity index is 814. The minimum Gasteiger partial charge on any atom is -0.497 e. The van der Waals surface area contributed by atoms with E-state index < -0.39 is 0 Å². The van der Waals surface area contributed by atoms with E-state index in [0.29, 0.717) is 24.3 Å². The van der Waals surface area contributed by atoms with Crippen molar-refractivity contribution in [3.63, 3.8) is 0 Å². The van der Waals surface area contributed by atoms with Crippen molar-refractivity contribution in [1.29, 1.82) is 0 Å². The number of hydrogen-bond acceptors (Lipinski definition) is 3. The van der Waals surface area contributed by atoms with Gasteiger partial charge in [-0.15, -0.1) is 0 Å². The molecule has 0 saturated heterocycles. The molecule has 1 aromatic heterocycles. The maximum absolute atomic E-state index is 13.0. The van der Waals surface area contributed by atoms with Gasteiger partial charge in [0.25, 0.3) is 0 Å². The number of aromatic nitrogens is 2. The van der Waals surface area contributed by atoms with Crippen LogP contribution in [-0.4, -0.2) is 28.6 Å². The fraction of sp³-hybridized carbons (Fsp3) is 0.565. The zero-order chi connectivity index (χ0) is 19.7. The summed E-state index contributed by atoms with van der Waals surface area (Å²) in [7, 11) is 1.70. The molecule has 0 radical (unpaired) electrons. The topological polar surface area (TPSA) is 56.1 Å². The lowest BCUT2D eigenvalue weighted by atomic mass is 9.53. The van der Waals surface area contributed by atoms with Gasteiger partial charge in [0.05, 0.1) is 13.0 Å². The van der Waals surface area contributed by atoms with Gasteiger partial charge in [-0.25, -0.2) is 4.98 Å². The molecule has 0 bridgehead atoms. The summed E-state index contributed by atoms with van der Waals surface area (Å²) in [6.45, 7) is 4.66. The maximum atomic E-state index is 13.0. The monoisotopic (exact) mass is 381 g/mol. The molecule has 2 fully saturated rings. The summed E-state index contributed by atoms with van der Waals surface area (Å²) in [6, 6.07) is 8.67. The first kappa shape index (κ1) is 19.0. The molecular weight excluding hydrogens is 350 g/mol. The van der Waals surface area contributed by atoms with Gasteiger partial charge < -0.3 is 14.6 Å². The van der Waals surface area contributed by atoms with E-state index in [2.05, 4.69) is 27.0 Å². The number of amides is 1. The van der Waals surface area contributed by atoms with Crippen LogP contribution in [-0.2, 0) is 11.3 Å². The Morgan fingerprint density at radius 1 is 1.25 bits per heavy atom. The maximum Gasteiger partial charge on any atom is 0.224 e. The first-order chi connectivity index (χ1) is 13.6. The van der Waals surface area contributed by atoms with E-state index in [1.165, 1.54) is 31.2 Å². The smallest absolute Gasteiger partial charge is 0.224 e. The molecule has 150 valence electrons. The molecule has 4 rings (SSSR count). The predicted octanol–water partition coefficient (Wildman–Crippen LogP) is 3.92. The number of methoxy groups -OCH3 is 1. The number of imidazole rings is 1. The number of hydrogen-bond donors (Lipinski definition) is 1. The number of rotatable bonds is 6. The Morgan fingerprint density at radius 3 is 2.61 bits per heavy atom. The van der Waals surface area contributed by atoms with E-state index in [1.807, 2.05) is 32.2 Å². The highest BCUT2D eigenvalue weighted by molar-refractivity contribution is 5.79. The van der Waals surface area contributed by atoms with Gasteiger partial charge in [-0.05, 0) is 49.3 Å². The number of nitrogens with zero attached hydrogens (tertiary/aromatic N) is 2. The van der Waals surface area contributed by atoms with E-state index in [-0.39, 0.29) is 17.9 Å². The van der Waals surface area contributed by atoms with Gasteiger partial charge >= 0.3 is 0 Å². The number of ether oxygens (including phenoxy) is 1. The fourth-order valence-corrected chi connectivity index (χ4v) is 5.23. The van der Waals surface area contributed by atoms with Crippen LogP contribution in [0.15, 0.2) is 36.7 Å². The highest BCUT2D eigenvalue weighted by Gasteiger charge is 2.51. The molecule has 0 aliphatic heterocycles. The Balaban J connectivity index is 1.47. The third kappa shape index (κ3) is 3.54. The van der Waals surface area contributed by atoms with Crippen molar-refractivity contribution in [2.75, 3.05) is 7.11 Å². The first-order valence-electron chi connectivity index (χ1n) is 10.5. The third-order valence-electron chi connectivity index (χ3n) is 6.84. The van der Waals surface area contributed by atoms with Gasteiger partial charge in [-0.1, -0.05) is 31.9 Å². The molecule has 0 spiro atoms. The van der Waals surface area contributed by atoms with Crippen molar-refractivity contribution in [3.05, 3.63) is 48.0 Å². The zero-order valence-electron chi connectivity index (χ0n) is 17.1. The van der Waals surface area contributed by atoms with Crippen molar-refractivity contribution in [1.82, 2.24) is 14.9 Å². The largest absolute Gasteiger partial charge is 0.497 e. The standard InChI is InChI=1S/C23H31N3O2/c1-15(14-26-13-12-24-16(26)2)23(27)25-22-20-7-5-4-6-19(20)21(22)17-8-10-18(28-3)11-9-17/h8-13,15,19-22H,4-7,14H2,1-3H3,(H,25,27)/t15?,19?,20?,21-,22-/m0/s1. The number of fused-ring (bicyclic) bond motifs is 1. The van der Waals surface area contributed by atoms with Gasteiger partial charge in [-0.2, -0.15) is 0 Å². The van der Waals surface area contributed by atoms with Crippen LogP contribution in [0.2, 0.25) is 0 Å².